The minimum Gasteiger partial charge on any atom is -0.410 e. The molecule has 0 bridgehead atoms. The third-order valence-electron chi connectivity index (χ3n) is 5.30. The summed E-state index contributed by atoms with van der Waals surface area (Å²) in [6.07, 6.45) is -0.484. The topological polar surface area (TPSA) is 69.9 Å². The molecular weight excluding hydrogens is 406 g/mol. The van der Waals surface area contributed by atoms with E-state index >= 15 is 0 Å². The molecule has 4 aromatic rings. The summed E-state index contributed by atoms with van der Waals surface area (Å²) in [6, 6.07) is 20.3. The van der Waals surface area contributed by atoms with Crippen LogP contribution >= 0.6 is 12.2 Å². The molecule has 0 fully saturated rings. The van der Waals surface area contributed by atoms with Gasteiger partial charge in [-0.3, -0.25) is 10.2 Å². The molecule has 0 saturated carbocycles. The highest BCUT2D eigenvalue weighted by Gasteiger charge is 2.20. The van der Waals surface area contributed by atoms with Gasteiger partial charge in [0.05, 0.1) is 5.69 Å². The molecule has 1 heterocycles. The molecule has 5 nitrogen and oxygen atoms in total. The number of ether oxygens (including phenoxy) is 1. The van der Waals surface area contributed by atoms with Gasteiger partial charge in [0, 0.05) is 17.7 Å². The fourth-order valence-corrected chi connectivity index (χ4v) is 3.99. The average Bonchev–Trinajstić information content (AvgIpc) is 3.14. The first-order chi connectivity index (χ1) is 15.0. The molecule has 1 aromatic heterocycles. The van der Waals surface area contributed by atoms with E-state index in [1.807, 2.05) is 37.3 Å². The predicted molar refractivity (Wildman–Crippen MR) is 128 cm³/mol. The predicted octanol–water partition coefficient (Wildman–Crippen LogP) is 6.79. The maximum atomic E-state index is 12.2. The summed E-state index contributed by atoms with van der Waals surface area (Å²) in [4.78, 5) is 12.2. The monoisotopic (exact) mass is 431 g/mol. The summed E-state index contributed by atoms with van der Waals surface area (Å²) in [5.74, 6) is 0.794. The van der Waals surface area contributed by atoms with E-state index in [1.54, 1.807) is 0 Å². The zero-order chi connectivity index (χ0) is 22.0. The van der Waals surface area contributed by atoms with Crippen LogP contribution in [-0.2, 0) is 0 Å². The Morgan fingerprint density at radius 1 is 1.03 bits per heavy atom. The van der Waals surface area contributed by atoms with Crippen molar-refractivity contribution in [2.75, 3.05) is 6.54 Å². The number of H-pyrrole nitrogens is 2. The number of fused-ring (bicyclic) bond motifs is 1. The van der Waals surface area contributed by atoms with Gasteiger partial charge in [0.2, 0.25) is 0 Å². The van der Waals surface area contributed by atoms with Crippen LogP contribution in [0.4, 0.5) is 4.79 Å². The van der Waals surface area contributed by atoms with E-state index < -0.39 is 6.09 Å². The van der Waals surface area contributed by atoms with Crippen LogP contribution in [0, 0.1) is 4.64 Å². The number of hydrogen-bond donors (Lipinski definition) is 3. The molecule has 3 N–H and O–H groups in total. The van der Waals surface area contributed by atoms with Crippen LogP contribution in [0.3, 0.4) is 0 Å². The summed E-state index contributed by atoms with van der Waals surface area (Å²) >= 11 is 5.67. The van der Waals surface area contributed by atoms with Gasteiger partial charge in [0.25, 0.3) is 0 Å². The Morgan fingerprint density at radius 2 is 1.81 bits per heavy atom. The van der Waals surface area contributed by atoms with Crippen molar-refractivity contribution in [1.29, 1.82) is 0 Å². The number of hydrogen-bond acceptors (Lipinski definition) is 3. The molecule has 0 atom stereocenters. The SMILES string of the molecule is CCNC(=O)Oc1ccc(C(C)C)cc1-c1[nH][nH]c(=S)c1-c1cccc2ccccc12. The van der Waals surface area contributed by atoms with Gasteiger partial charge in [-0.1, -0.05) is 74.6 Å². The summed E-state index contributed by atoms with van der Waals surface area (Å²) in [6.45, 7) is 6.61. The van der Waals surface area contributed by atoms with Crippen LogP contribution in [0.15, 0.2) is 60.7 Å². The van der Waals surface area contributed by atoms with Crippen LogP contribution < -0.4 is 10.1 Å². The molecule has 0 unspecified atom stereocenters. The third kappa shape index (κ3) is 4.11. The van der Waals surface area contributed by atoms with Crippen molar-refractivity contribution in [3.05, 3.63) is 70.9 Å². The Morgan fingerprint density at radius 3 is 2.58 bits per heavy atom. The molecule has 6 heteroatoms. The van der Waals surface area contributed by atoms with E-state index in [1.165, 1.54) is 0 Å². The van der Waals surface area contributed by atoms with E-state index in [2.05, 4.69) is 59.7 Å². The van der Waals surface area contributed by atoms with Crippen molar-refractivity contribution in [3.63, 3.8) is 0 Å². The lowest BCUT2D eigenvalue weighted by Gasteiger charge is -2.15. The van der Waals surface area contributed by atoms with Crippen LogP contribution in [-0.4, -0.2) is 22.8 Å². The highest BCUT2D eigenvalue weighted by atomic mass is 32.1. The second kappa shape index (κ2) is 8.78. The van der Waals surface area contributed by atoms with Gasteiger partial charge in [0.1, 0.15) is 10.4 Å². The van der Waals surface area contributed by atoms with Crippen LogP contribution in [0.25, 0.3) is 33.2 Å². The number of aromatic nitrogens is 2. The molecule has 0 spiro atoms. The first-order valence-electron chi connectivity index (χ1n) is 10.4. The quantitative estimate of drug-likeness (QED) is 0.305. The van der Waals surface area contributed by atoms with Crippen LogP contribution in [0.5, 0.6) is 5.75 Å². The van der Waals surface area contributed by atoms with Gasteiger partial charge in [-0.2, -0.15) is 0 Å². The number of carbonyl (C=O) groups excluding carboxylic acids is 1. The lowest BCUT2D eigenvalue weighted by atomic mass is 9.94. The summed E-state index contributed by atoms with van der Waals surface area (Å²) in [5, 5.41) is 11.2. The Labute approximate surface area is 186 Å². The molecule has 0 aliphatic heterocycles. The third-order valence-corrected chi connectivity index (χ3v) is 5.61. The summed E-state index contributed by atoms with van der Waals surface area (Å²) < 4.78 is 6.25. The minimum atomic E-state index is -0.484. The van der Waals surface area contributed by atoms with E-state index in [-0.39, 0.29) is 0 Å². The van der Waals surface area contributed by atoms with E-state index in [4.69, 9.17) is 17.0 Å². The number of carbonyl (C=O) groups is 1. The van der Waals surface area contributed by atoms with Crippen molar-refractivity contribution in [2.24, 2.45) is 0 Å². The standard InChI is InChI=1S/C25H25N3O2S/c1-4-26-25(29)30-21-13-12-17(15(2)3)14-20(21)23-22(24(31)28-27-23)19-11-7-9-16-8-5-6-10-18(16)19/h5-15H,4H2,1-3H3,(H,26,29)(H2,27,28,31). The Bertz CT molecular complexity index is 1300. The van der Waals surface area contributed by atoms with E-state index in [9.17, 15) is 4.79 Å². The number of rotatable bonds is 5. The van der Waals surface area contributed by atoms with E-state index in [0.29, 0.717) is 22.9 Å². The van der Waals surface area contributed by atoms with Gasteiger partial charge in [0.15, 0.2) is 0 Å². The average molecular weight is 432 g/mol. The van der Waals surface area contributed by atoms with E-state index in [0.717, 1.165) is 38.7 Å². The van der Waals surface area contributed by atoms with Gasteiger partial charge in [-0.25, -0.2) is 4.79 Å². The first kappa shape index (κ1) is 20.9. The number of nitrogens with one attached hydrogen (secondary N) is 3. The van der Waals surface area contributed by atoms with Crippen molar-refractivity contribution < 1.29 is 9.53 Å². The summed E-state index contributed by atoms with van der Waals surface area (Å²) in [7, 11) is 0. The molecule has 31 heavy (non-hydrogen) atoms. The fraction of sp³-hybridized carbons (Fsp3) is 0.200. The second-order valence-corrected chi connectivity index (χ2v) is 8.09. The molecule has 158 valence electrons. The molecule has 0 saturated heterocycles. The van der Waals surface area contributed by atoms with Gasteiger partial charge in [-0.05, 0) is 46.9 Å². The van der Waals surface area contributed by atoms with Gasteiger partial charge in [-0.15, -0.1) is 0 Å². The largest absolute Gasteiger partial charge is 0.412 e. The Hall–Kier alpha value is -3.38. The zero-order valence-electron chi connectivity index (χ0n) is 17.8. The van der Waals surface area contributed by atoms with Crippen LogP contribution in [0.2, 0.25) is 0 Å². The van der Waals surface area contributed by atoms with Crippen molar-refractivity contribution in [2.45, 2.75) is 26.7 Å². The normalized spacial score (nSPS) is 11.1. The maximum Gasteiger partial charge on any atom is 0.412 e. The van der Waals surface area contributed by atoms with Gasteiger partial charge < -0.3 is 10.1 Å². The summed E-state index contributed by atoms with van der Waals surface area (Å²) in [5.41, 5.74) is 4.63. The van der Waals surface area contributed by atoms with Gasteiger partial charge >= 0.3 is 6.09 Å². The Balaban J connectivity index is 1.94. The molecule has 4 rings (SSSR count). The number of benzene rings is 3. The highest BCUT2D eigenvalue weighted by Crippen LogP contribution is 2.40. The Kier molecular flexibility index (Phi) is 5.91. The molecule has 3 aromatic carbocycles. The molecular formula is C25H25N3O2S. The van der Waals surface area contributed by atoms with Crippen molar-refractivity contribution >= 4 is 29.1 Å². The molecule has 0 radical (unpaired) electrons. The second-order valence-electron chi connectivity index (χ2n) is 7.69. The van der Waals surface area contributed by atoms with Crippen molar-refractivity contribution in [1.82, 2.24) is 15.5 Å². The van der Waals surface area contributed by atoms with Crippen molar-refractivity contribution in [3.8, 4) is 28.1 Å². The molecule has 0 aliphatic carbocycles. The number of amides is 1. The minimum absolute atomic E-state index is 0.320. The lowest BCUT2D eigenvalue weighted by molar-refractivity contribution is 0.201. The number of aromatic amines is 2. The zero-order valence-corrected chi connectivity index (χ0v) is 18.6. The lowest BCUT2D eigenvalue weighted by Crippen LogP contribution is -2.26. The first-order valence-corrected chi connectivity index (χ1v) is 10.8. The van der Waals surface area contributed by atoms with Crippen LogP contribution in [0.1, 0.15) is 32.3 Å². The maximum absolute atomic E-state index is 12.2. The smallest absolute Gasteiger partial charge is 0.410 e. The molecule has 0 aliphatic rings. The highest BCUT2D eigenvalue weighted by molar-refractivity contribution is 7.71. The molecule has 1 amide bonds. The fourth-order valence-electron chi connectivity index (χ4n) is 3.73.